The van der Waals surface area contributed by atoms with Crippen LogP contribution in [0.3, 0.4) is 0 Å². The van der Waals surface area contributed by atoms with Crippen molar-refractivity contribution in [1.29, 1.82) is 0 Å². The van der Waals surface area contributed by atoms with Crippen molar-refractivity contribution in [3.05, 3.63) is 29.3 Å². The highest BCUT2D eigenvalue weighted by molar-refractivity contribution is 7.66. The molecule has 0 N–H and O–H groups in total. The zero-order valence-electron chi connectivity index (χ0n) is 11.3. The fourth-order valence-electron chi connectivity index (χ4n) is 2.17. The number of fused-ring (bicyclic) bond motifs is 1. The maximum absolute atomic E-state index is 12.0. The number of carbonyl (C=O) groups is 2. The van der Waals surface area contributed by atoms with Gasteiger partial charge in [0.15, 0.2) is 0 Å². The molecule has 0 radical (unpaired) electrons. The predicted octanol–water partition coefficient (Wildman–Crippen LogP) is 1.61. The lowest BCUT2D eigenvalue weighted by molar-refractivity contribution is -0.156. The van der Waals surface area contributed by atoms with Crippen LogP contribution in [-0.2, 0) is 30.2 Å². The van der Waals surface area contributed by atoms with Gasteiger partial charge in [0.05, 0.1) is 12.2 Å². The summed E-state index contributed by atoms with van der Waals surface area (Å²) in [4.78, 5) is 23.6. The van der Waals surface area contributed by atoms with Crippen molar-refractivity contribution in [3.63, 3.8) is 0 Å². The van der Waals surface area contributed by atoms with Crippen molar-refractivity contribution in [2.24, 2.45) is 5.92 Å². The summed E-state index contributed by atoms with van der Waals surface area (Å²) in [6.07, 6.45) is 0. The maximum Gasteiger partial charge on any atom is 0.468 e. The first kappa shape index (κ1) is 14.6. The van der Waals surface area contributed by atoms with Crippen LogP contribution in [0.1, 0.15) is 23.3 Å². The van der Waals surface area contributed by atoms with Crippen LogP contribution in [0.2, 0.25) is 0 Å². The van der Waals surface area contributed by atoms with Crippen LogP contribution in [0.4, 0.5) is 0 Å². The van der Waals surface area contributed by atoms with Gasteiger partial charge in [-0.3, -0.25) is 4.79 Å². The first-order chi connectivity index (χ1) is 9.58. The molecular weight excluding hydrogens is 280 g/mol. The smallest absolute Gasteiger partial charge is 0.468 e. The van der Waals surface area contributed by atoms with E-state index < -0.39 is 22.9 Å². The maximum atomic E-state index is 12.0. The van der Waals surface area contributed by atoms with Crippen molar-refractivity contribution >= 4 is 23.4 Å². The lowest BCUT2D eigenvalue weighted by Crippen LogP contribution is -2.37. The minimum absolute atomic E-state index is 0.0218. The van der Waals surface area contributed by atoms with Crippen molar-refractivity contribution in [2.45, 2.75) is 19.1 Å². The molecule has 20 heavy (non-hydrogen) atoms. The fraction of sp³-hybridized carbons (Fsp3) is 0.429. The summed E-state index contributed by atoms with van der Waals surface area (Å²) < 4.78 is 21.6. The van der Waals surface area contributed by atoms with Crippen LogP contribution >= 0.6 is 0 Å². The van der Waals surface area contributed by atoms with Gasteiger partial charge in [-0.2, -0.15) is 0 Å². The van der Waals surface area contributed by atoms with E-state index in [1.165, 1.54) is 0 Å². The van der Waals surface area contributed by atoms with E-state index in [2.05, 4.69) is 0 Å². The Kier molecular flexibility index (Phi) is 4.44. The zero-order valence-corrected chi connectivity index (χ0v) is 12.1. The first-order valence-electron chi connectivity index (χ1n) is 6.31. The summed E-state index contributed by atoms with van der Waals surface area (Å²) in [5, 5.41) is -0.628. The molecule has 0 aromatic heterocycles. The number of hydrogen-bond acceptors (Lipinski definition) is 5. The van der Waals surface area contributed by atoms with Gasteiger partial charge in [-0.15, -0.1) is 0 Å². The van der Waals surface area contributed by atoms with Crippen molar-refractivity contribution in [3.8, 4) is 5.75 Å². The molecule has 106 valence electrons. The third-order valence-electron chi connectivity index (χ3n) is 3.18. The Labute approximate surface area is 120 Å². The van der Waals surface area contributed by atoms with E-state index in [1.807, 2.05) is 19.1 Å². The number of ether oxygens (including phenoxy) is 2. The number of esters is 1. The van der Waals surface area contributed by atoms with Crippen LogP contribution in [-0.4, -0.2) is 25.0 Å². The number of Topliss-reactive ketones (excluding diaryl/α,β-unsaturated/α-hetero) is 1. The standard InChI is InChI=1S/C14H15O5S/c1-3-18-14(16)12(15)10-7-19-11-6-8(2)4-5-9(11)13(10)20-17/h4-6,10,13H,3,7H2,1-2H3/q+1. The normalized spacial score (nSPS) is 20.5. The Hall–Kier alpha value is -1.82. The highest BCUT2D eigenvalue weighted by atomic mass is 32.1. The van der Waals surface area contributed by atoms with E-state index in [4.69, 9.17) is 9.47 Å². The van der Waals surface area contributed by atoms with Gasteiger partial charge in [0.25, 0.3) is 11.0 Å². The summed E-state index contributed by atoms with van der Waals surface area (Å²) in [6.45, 7) is 3.69. The van der Waals surface area contributed by atoms with Crippen LogP contribution in [0, 0.1) is 12.8 Å². The number of aryl methyl sites for hydroxylation is 1. The molecule has 0 aliphatic carbocycles. The van der Waals surface area contributed by atoms with Gasteiger partial charge < -0.3 is 9.47 Å². The van der Waals surface area contributed by atoms with Crippen molar-refractivity contribution < 1.29 is 23.3 Å². The van der Waals surface area contributed by atoms with E-state index in [0.717, 1.165) is 5.56 Å². The minimum Gasteiger partial charge on any atom is -0.492 e. The van der Waals surface area contributed by atoms with E-state index in [-0.39, 0.29) is 13.2 Å². The molecule has 0 spiro atoms. The summed E-state index contributed by atoms with van der Waals surface area (Å²) in [5.74, 6) is -1.81. The van der Waals surface area contributed by atoms with Crippen molar-refractivity contribution in [1.82, 2.24) is 0 Å². The van der Waals surface area contributed by atoms with Crippen LogP contribution in [0.15, 0.2) is 18.2 Å². The summed E-state index contributed by atoms with van der Waals surface area (Å²) in [5.41, 5.74) is 1.66. The first-order valence-corrected chi connectivity index (χ1v) is 7.12. The number of ketones is 1. The van der Waals surface area contributed by atoms with Crippen LogP contribution in [0.25, 0.3) is 0 Å². The Balaban J connectivity index is 2.30. The summed E-state index contributed by atoms with van der Waals surface area (Å²) in [6, 6.07) is 5.44. The van der Waals surface area contributed by atoms with Gasteiger partial charge in [-0.25, -0.2) is 4.79 Å². The molecule has 5 nitrogen and oxygen atoms in total. The van der Waals surface area contributed by atoms with Gasteiger partial charge in [0, 0.05) is 4.21 Å². The Morgan fingerprint density at radius 3 is 2.85 bits per heavy atom. The highest BCUT2D eigenvalue weighted by Crippen LogP contribution is 2.38. The van der Waals surface area contributed by atoms with Crippen LogP contribution in [0.5, 0.6) is 5.75 Å². The monoisotopic (exact) mass is 295 g/mol. The molecular formula is C14H15O5S+. The van der Waals surface area contributed by atoms with Crippen LogP contribution < -0.4 is 4.74 Å². The average molecular weight is 295 g/mol. The van der Waals surface area contributed by atoms with Crippen molar-refractivity contribution in [2.75, 3.05) is 13.2 Å². The molecule has 0 saturated carbocycles. The third-order valence-corrected chi connectivity index (χ3v) is 3.97. The topological polar surface area (TPSA) is 69.7 Å². The molecule has 0 bridgehead atoms. The lowest BCUT2D eigenvalue weighted by Gasteiger charge is -2.23. The van der Waals surface area contributed by atoms with Gasteiger partial charge in [-0.05, 0) is 31.5 Å². The van der Waals surface area contributed by atoms with E-state index >= 15 is 0 Å². The fourth-order valence-corrected chi connectivity index (χ4v) is 2.81. The largest absolute Gasteiger partial charge is 0.492 e. The molecule has 2 rings (SSSR count). The van der Waals surface area contributed by atoms with Gasteiger partial charge in [0.1, 0.15) is 18.3 Å². The second-order valence-corrected chi connectivity index (χ2v) is 5.26. The van der Waals surface area contributed by atoms with E-state index in [1.54, 1.807) is 13.0 Å². The lowest BCUT2D eigenvalue weighted by atomic mass is 9.92. The predicted molar refractivity (Wildman–Crippen MR) is 72.6 cm³/mol. The molecule has 6 heteroatoms. The number of carbonyl (C=O) groups excluding carboxylic acids is 2. The Bertz CT molecular complexity index is 554. The average Bonchev–Trinajstić information content (AvgIpc) is 2.45. The van der Waals surface area contributed by atoms with Gasteiger partial charge >= 0.3 is 17.6 Å². The molecule has 2 atom stereocenters. The second kappa shape index (κ2) is 6.09. The van der Waals surface area contributed by atoms with Gasteiger partial charge in [0.2, 0.25) is 0 Å². The zero-order chi connectivity index (χ0) is 14.7. The minimum atomic E-state index is -0.907. The van der Waals surface area contributed by atoms with Gasteiger partial charge in [-0.1, -0.05) is 6.07 Å². The molecule has 2 unspecified atom stereocenters. The molecule has 1 aliphatic heterocycles. The quantitative estimate of drug-likeness (QED) is 0.479. The molecule has 1 aromatic carbocycles. The molecule has 1 heterocycles. The number of rotatable bonds is 4. The number of benzene rings is 1. The molecule has 0 saturated heterocycles. The molecule has 1 aromatic rings. The van der Waals surface area contributed by atoms with E-state index in [0.29, 0.717) is 23.0 Å². The highest BCUT2D eigenvalue weighted by Gasteiger charge is 2.47. The SMILES string of the molecule is CCOC(=O)C(=O)C1COc2cc(C)ccc2C1[S+]=O. The Morgan fingerprint density at radius 1 is 1.45 bits per heavy atom. The third kappa shape index (κ3) is 2.70. The summed E-state index contributed by atoms with van der Waals surface area (Å²) >= 11 is 0.308. The second-order valence-electron chi connectivity index (χ2n) is 4.56. The molecule has 0 fully saturated rings. The summed E-state index contributed by atoms with van der Waals surface area (Å²) in [7, 11) is 0. The Morgan fingerprint density at radius 2 is 2.20 bits per heavy atom. The van der Waals surface area contributed by atoms with E-state index in [9.17, 15) is 13.8 Å². The number of hydrogen-bond donors (Lipinski definition) is 0. The molecule has 0 amide bonds. The molecule has 1 aliphatic rings.